The summed E-state index contributed by atoms with van der Waals surface area (Å²) in [4.78, 5) is 20.7. The highest BCUT2D eigenvalue weighted by molar-refractivity contribution is 5.92. The van der Waals surface area contributed by atoms with Crippen LogP contribution in [0.2, 0.25) is 0 Å². The van der Waals surface area contributed by atoms with Crippen molar-refractivity contribution in [3.05, 3.63) is 84.2 Å². The maximum absolute atomic E-state index is 12.2. The van der Waals surface area contributed by atoms with Crippen molar-refractivity contribution in [2.24, 2.45) is 0 Å². The number of nitrogens with zero attached hydrogens (tertiary/aromatic N) is 2. The number of anilines is 2. The molecular weight excluding hydrogens is 312 g/mol. The second-order valence-electron chi connectivity index (χ2n) is 5.60. The van der Waals surface area contributed by atoms with Crippen LogP contribution in [0.3, 0.4) is 0 Å². The van der Waals surface area contributed by atoms with Gasteiger partial charge < -0.3 is 10.6 Å². The van der Waals surface area contributed by atoms with Crippen LogP contribution in [-0.4, -0.2) is 22.4 Å². The van der Waals surface area contributed by atoms with E-state index in [4.69, 9.17) is 0 Å². The lowest BCUT2D eigenvalue weighted by Crippen LogP contribution is -2.26. The van der Waals surface area contributed by atoms with Crippen molar-refractivity contribution < 1.29 is 4.79 Å². The minimum absolute atomic E-state index is 0.188. The molecule has 0 atom stereocenters. The van der Waals surface area contributed by atoms with E-state index in [1.54, 1.807) is 12.3 Å². The molecule has 25 heavy (non-hydrogen) atoms. The van der Waals surface area contributed by atoms with Gasteiger partial charge in [0.25, 0.3) is 5.91 Å². The van der Waals surface area contributed by atoms with Gasteiger partial charge in [0.05, 0.1) is 0 Å². The van der Waals surface area contributed by atoms with Gasteiger partial charge in [0.2, 0.25) is 5.95 Å². The van der Waals surface area contributed by atoms with Crippen LogP contribution < -0.4 is 10.6 Å². The molecule has 0 aliphatic rings. The van der Waals surface area contributed by atoms with Gasteiger partial charge in [-0.05, 0) is 36.6 Å². The Morgan fingerprint density at radius 1 is 0.920 bits per heavy atom. The van der Waals surface area contributed by atoms with Crippen LogP contribution >= 0.6 is 0 Å². The lowest BCUT2D eigenvalue weighted by molar-refractivity contribution is 0.0948. The zero-order chi connectivity index (χ0) is 17.3. The SMILES string of the molecule is O=C(NCCCc1ccccc1)c1ccnc(Nc2ccccc2)n1. The highest BCUT2D eigenvalue weighted by Gasteiger charge is 2.08. The molecule has 2 aromatic carbocycles. The molecular formula is C20H20N4O. The van der Waals surface area contributed by atoms with Crippen molar-refractivity contribution in [1.82, 2.24) is 15.3 Å². The summed E-state index contributed by atoms with van der Waals surface area (Å²) in [5.41, 5.74) is 2.50. The highest BCUT2D eigenvalue weighted by atomic mass is 16.1. The van der Waals surface area contributed by atoms with E-state index < -0.39 is 0 Å². The first-order valence-electron chi connectivity index (χ1n) is 8.28. The van der Waals surface area contributed by atoms with E-state index in [0.29, 0.717) is 18.2 Å². The maximum atomic E-state index is 12.2. The van der Waals surface area contributed by atoms with E-state index in [0.717, 1.165) is 18.5 Å². The molecule has 126 valence electrons. The zero-order valence-electron chi connectivity index (χ0n) is 13.9. The van der Waals surface area contributed by atoms with E-state index in [-0.39, 0.29) is 5.91 Å². The number of aromatic nitrogens is 2. The Bertz CT molecular complexity index is 806. The molecule has 3 rings (SSSR count). The third-order valence-corrected chi connectivity index (χ3v) is 3.69. The fourth-order valence-corrected chi connectivity index (χ4v) is 2.43. The Labute approximate surface area is 147 Å². The minimum atomic E-state index is -0.188. The number of amides is 1. The third kappa shape index (κ3) is 5.14. The van der Waals surface area contributed by atoms with Gasteiger partial charge >= 0.3 is 0 Å². The summed E-state index contributed by atoms with van der Waals surface area (Å²) in [6, 6.07) is 21.5. The highest BCUT2D eigenvalue weighted by Crippen LogP contribution is 2.11. The number of rotatable bonds is 7. The van der Waals surface area contributed by atoms with Gasteiger partial charge in [-0.15, -0.1) is 0 Å². The average molecular weight is 332 g/mol. The van der Waals surface area contributed by atoms with Crippen LogP contribution in [0.4, 0.5) is 11.6 Å². The molecule has 0 aliphatic heterocycles. The molecule has 0 saturated carbocycles. The number of carbonyl (C=O) groups excluding carboxylic acids is 1. The van der Waals surface area contributed by atoms with Crippen molar-refractivity contribution >= 4 is 17.5 Å². The monoisotopic (exact) mass is 332 g/mol. The Kier molecular flexibility index (Phi) is 5.72. The van der Waals surface area contributed by atoms with Gasteiger partial charge in [0.15, 0.2) is 0 Å². The van der Waals surface area contributed by atoms with Crippen LogP contribution in [-0.2, 0) is 6.42 Å². The summed E-state index contributed by atoms with van der Waals surface area (Å²) < 4.78 is 0. The average Bonchev–Trinajstić information content (AvgIpc) is 2.67. The molecule has 0 bridgehead atoms. The normalized spacial score (nSPS) is 10.2. The topological polar surface area (TPSA) is 66.9 Å². The van der Waals surface area contributed by atoms with Crippen LogP contribution in [0.5, 0.6) is 0 Å². The molecule has 0 aliphatic carbocycles. The summed E-state index contributed by atoms with van der Waals surface area (Å²) >= 11 is 0. The van der Waals surface area contributed by atoms with E-state index in [1.165, 1.54) is 5.56 Å². The van der Waals surface area contributed by atoms with Crippen LogP contribution in [0.1, 0.15) is 22.5 Å². The van der Waals surface area contributed by atoms with Gasteiger partial charge in [-0.2, -0.15) is 0 Å². The minimum Gasteiger partial charge on any atom is -0.351 e. The molecule has 0 saturated heterocycles. The number of hydrogen-bond acceptors (Lipinski definition) is 4. The number of carbonyl (C=O) groups is 1. The molecule has 1 heterocycles. The molecule has 0 fully saturated rings. The predicted octanol–water partition coefficient (Wildman–Crippen LogP) is 3.58. The third-order valence-electron chi connectivity index (χ3n) is 3.69. The van der Waals surface area contributed by atoms with Crippen molar-refractivity contribution in [3.63, 3.8) is 0 Å². The van der Waals surface area contributed by atoms with E-state index in [2.05, 4.69) is 32.7 Å². The van der Waals surface area contributed by atoms with Gasteiger partial charge in [-0.3, -0.25) is 4.79 Å². The smallest absolute Gasteiger partial charge is 0.270 e. The predicted molar refractivity (Wildman–Crippen MR) is 98.9 cm³/mol. The Morgan fingerprint density at radius 3 is 2.40 bits per heavy atom. The summed E-state index contributed by atoms with van der Waals surface area (Å²) in [6.45, 7) is 0.610. The quantitative estimate of drug-likeness (QED) is 0.649. The van der Waals surface area contributed by atoms with Crippen molar-refractivity contribution in [3.8, 4) is 0 Å². The largest absolute Gasteiger partial charge is 0.351 e. The molecule has 5 heteroatoms. The van der Waals surface area contributed by atoms with E-state index in [1.807, 2.05) is 48.5 Å². The fourth-order valence-electron chi connectivity index (χ4n) is 2.43. The van der Waals surface area contributed by atoms with Crippen LogP contribution in [0.15, 0.2) is 72.9 Å². The molecule has 3 aromatic rings. The molecule has 1 amide bonds. The Balaban J connectivity index is 1.51. The summed E-state index contributed by atoms with van der Waals surface area (Å²) in [7, 11) is 0. The van der Waals surface area contributed by atoms with Gasteiger partial charge in [0, 0.05) is 18.4 Å². The van der Waals surface area contributed by atoms with Gasteiger partial charge in [-0.25, -0.2) is 9.97 Å². The first-order valence-corrected chi connectivity index (χ1v) is 8.28. The van der Waals surface area contributed by atoms with Gasteiger partial charge in [0.1, 0.15) is 5.69 Å². The maximum Gasteiger partial charge on any atom is 0.270 e. The number of aryl methyl sites for hydroxylation is 1. The second-order valence-corrected chi connectivity index (χ2v) is 5.60. The standard InChI is InChI=1S/C20H20N4O/c25-19(21-14-7-10-16-8-3-1-4-9-16)18-13-15-22-20(24-18)23-17-11-5-2-6-12-17/h1-6,8-9,11-13,15H,7,10,14H2,(H,21,25)(H,22,23,24). The van der Waals surface area contributed by atoms with Crippen molar-refractivity contribution in [2.45, 2.75) is 12.8 Å². The number of nitrogens with one attached hydrogen (secondary N) is 2. The summed E-state index contributed by atoms with van der Waals surface area (Å²) in [5.74, 6) is 0.217. The molecule has 0 unspecified atom stereocenters. The van der Waals surface area contributed by atoms with Crippen molar-refractivity contribution in [1.29, 1.82) is 0 Å². The fraction of sp³-hybridized carbons (Fsp3) is 0.150. The second kappa shape index (κ2) is 8.59. The van der Waals surface area contributed by atoms with Crippen LogP contribution in [0.25, 0.3) is 0 Å². The molecule has 0 spiro atoms. The number of para-hydroxylation sites is 1. The summed E-state index contributed by atoms with van der Waals surface area (Å²) in [5, 5.41) is 5.99. The first-order chi connectivity index (χ1) is 12.3. The van der Waals surface area contributed by atoms with Gasteiger partial charge in [-0.1, -0.05) is 48.5 Å². The first kappa shape index (κ1) is 16.6. The Morgan fingerprint density at radius 2 is 1.64 bits per heavy atom. The Hall–Kier alpha value is -3.21. The molecule has 1 aromatic heterocycles. The molecule has 2 N–H and O–H groups in total. The lowest BCUT2D eigenvalue weighted by atomic mass is 10.1. The summed E-state index contributed by atoms with van der Waals surface area (Å²) in [6.07, 6.45) is 3.40. The van der Waals surface area contributed by atoms with Crippen LogP contribution in [0, 0.1) is 0 Å². The zero-order valence-corrected chi connectivity index (χ0v) is 13.9. The van der Waals surface area contributed by atoms with E-state index in [9.17, 15) is 4.79 Å². The number of benzene rings is 2. The lowest BCUT2D eigenvalue weighted by Gasteiger charge is -2.07. The molecule has 0 radical (unpaired) electrons. The number of hydrogen-bond donors (Lipinski definition) is 2. The molecule has 5 nitrogen and oxygen atoms in total. The van der Waals surface area contributed by atoms with E-state index >= 15 is 0 Å². The van der Waals surface area contributed by atoms with Crippen molar-refractivity contribution in [2.75, 3.05) is 11.9 Å².